The van der Waals surface area contributed by atoms with Gasteiger partial charge in [-0.25, -0.2) is 13.8 Å². The van der Waals surface area contributed by atoms with Gasteiger partial charge in [0.2, 0.25) is 5.91 Å². The number of anilines is 1. The predicted octanol–water partition coefficient (Wildman–Crippen LogP) is 5.72. The fourth-order valence-corrected chi connectivity index (χ4v) is 3.01. The zero-order valence-corrected chi connectivity index (χ0v) is 16.4. The average Bonchev–Trinajstić information content (AvgIpc) is 3.05. The Morgan fingerprint density at radius 2 is 1.88 bits per heavy atom. The SMILES string of the molecule is O=C(CCc1ncc(-c2c(F)cccc2F)o1)Nc1cc(Br)ccc1Br. The van der Waals surface area contributed by atoms with E-state index in [0.717, 1.165) is 21.1 Å². The number of hydrogen-bond acceptors (Lipinski definition) is 3. The van der Waals surface area contributed by atoms with Crippen LogP contribution in [0.1, 0.15) is 12.3 Å². The Labute approximate surface area is 164 Å². The van der Waals surface area contributed by atoms with Crippen LogP contribution in [-0.4, -0.2) is 10.9 Å². The van der Waals surface area contributed by atoms with Crippen molar-refractivity contribution >= 4 is 43.5 Å². The lowest BCUT2D eigenvalue weighted by Gasteiger charge is -2.07. The zero-order valence-electron chi connectivity index (χ0n) is 13.2. The number of aromatic nitrogens is 1. The third kappa shape index (κ3) is 4.37. The number of carbonyl (C=O) groups excluding carboxylic acids is 1. The minimum Gasteiger partial charge on any atom is -0.441 e. The van der Waals surface area contributed by atoms with Crippen LogP contribution in [0.2, 0.25) is 0 Å². The van der Waals surface area contributed by atoms with Crippen molar-refractivity contribution in [1.29, 1.82) is 0 Å². The molecule has 1 aromatic heterocycles. The summed E-state index contributed by atoms with van der Waals surface area (Å²) in [6.07, 6.45) is 1.56. The van der Waals surface area contributed by atoms with E-state index in [4.69, 9.17) is 4.42 Å². The number of rotatable bonds is 5. The Hall–Kier alpha value is -2.06. The van der Waals surface area contributed by atoms with E-state index in [1.807, 2.05) is 12.1 Å². The average molecular weight is 486 g/mol. The number of hydrogen-bond donors (Lipinski definition) is 1. The van der Waals surface area contributed by atoms with E-state index >= 15 is 0 Å². The lowest BCUT2D eigenvalue weighted by atomic mass is 10.1. The second-order valence-corrected chi connectivity index (χ2v) is 7.16. The molecule has 1 amide bonds. The molecule has 0 unspecified atom stereocenters. The van der Waals surface area contributed by atoms with Crippen LogP contribution in [0.3, 0.4) is 0 Å². The van der Waals surface area contributed by atoms with Crippen molar-refractivity contribution in [2.24, 2.45) is 0 Å². The van der Waals surface area contributed by atoms with Gasteiger partial charge in [-0.1, -0.05) is 22.0 Å². The maximum Gasteiger partial charge on any atom is 0.224 e. The standard InChI is InChI=1S/C18H12Br2F2N2O2/c19-10-4-5-11(20)14(8-10)24-16(25)6-7-17-23-9-15(26-17)18-12(21)2-1-3-13(18)22/h1-5,8-9H,6-7H2,(H,24,25). The largest absolute Gasteiger partial charge is 0.441 e. The number of amides is 1. The molecule has 3 rings (SSSR count). The van der Waals surface area contributed by atoms with E-state index in [1.165, 1.54) is 12.3 Å². The third-order valence-electron chi connectivity index (χ3n) is 3.53. The van der Waals surface area contributed by atoms with Gasteiger partial charge in [0.25, 0.3) is 0 Å². The Balaban J connectivity index is 1.65. The Kier molecular flexibility index (Phi) is 5.83. The van der Waals surface area contributed by atoms with Gasteiger partial charge >= 0.3 is 0 Å². The van der Waals surface area contributed by atoms with Crippen molar-refractivity contribution in [2.45, 2.75) is 12.8 Å². The van der Waals surface area contributed by atoms with Crippen LogP contribution in [0.4, 0.5) is 14.5 Å². The molecule has 3 aromatic rings. The first-order chi connectivity index (χ1) is 12.4. The predicted molar refractivity (Wildman–Crippen MR) is 101 cm³/mol. The monoisotopic (exact) mass is 484 g/mol. The minimum atomic E-state index is -0.732. The van der Waals surface area contributed by atoms with Crippen LogP contribution < -0.4 is 5.32 Å². The van der Waals surface area contributed by atoms with Crippen molar-refractivity contribution < 1.29 is 18.0 Å². The van der Waals surface area contributed by atoms with Crippen LogP contribution >= 0.6 is 31.9 Å². The lowest BCUT2D eigenvalue weighted by molar-refractivity contribution is -0.116. The Morgan fingerprint density at radius 1 is 1.15 bits per heavy atom. The molecule has 0 aliphatic rings. The summed E-state index contributed by atoms with van der Waals surface area (Å²) in [7, 11) is 0. The van der Waals surface area contributed by atoms with E-state index in [9.17, 15) is 13.6 Å². The summed E-state index contributed by atoms with van der Waals surface area (Å²) in [6, 6.07) is 8.98. The zero-order chi connectivity index (χ0) is 18.7. The summed E-state index contributed by atoms with van der Waals surface area (Å²) in [5.41, 5.74) is 0.361. The number of nitrogens with zero attached hydrogens (tertiary/aromatic N) is 1. The van der Waals surface area contributed by atoms with Gasteiger partial charge in [-0.05, 0) is 46.3 Å². The molecule has 0 aliphatic heterocycles. The van der Waals surface area contributed by atoms with Gasteiger partial charge in [-0.15, -0.1) is 0 Å². The van der Waals surface area contributed by atoms with Crippen molar-refractivity contribution in [2.75, 3.05) is 5.32 Å². The summed E-state index contributed by atoms with van der Waals surface area (Å²) in [5, 5.41) is 2.77. The van der Waals surface area contributed by atoms with Gasteiger partial charge in [0.1, 0.15) is 11.6 Å². The first kappa shape index (κ1) is 18.7. The van der Waals surface area contributed by atoms with E-state index in [-0.39, 0.29) is 36.0 Å². The highest BCUT2D eigenvalue weighted by Gasteiger charge is 2.16. The Bertz CT molecular complexity index is 940. The molecule has 0 radical (unpaired) electrons. The highest BCUT2D eigenvalue weighted by Crippen LogP contribution is 2.28. The fraction of sp³-hybridized carbons (Fsp3) is 0.111. The number of carbonyl (C=O) groups is 1. The maximum absolute atomic E-state index is 13.8. The first-order valence-electron chi connectivity index (χ1n) is 7.58. The summed E-state index contributed by atoms with van der Waals surface area (Å²) < 4.78 is 34.5. The number of nitrogens with one attached hydrogen (secondary N) is 1. The van der Waals surface area contributed by atoms with Crippen LogP contribution in [0.15, 0.2) is 56.0 Å². The second-order valence-electron chi connectivity index (χ2n) is 5.39. The molecule has 0 atom stereocenters. The quantitative estimate of drug-likeness (QED) is 0.503. The molecule has 8 heteroatoms. The minimum absolute atomic E-state index is 0.00857. The van der Waals surface area contributed by atoms with Gasteiger partial charge in [-0.2, -0.15) is 0 Å². The summed E-state index contributed by atoms with van der Waals surface area (Å²) >= 11 is 6.70. The normalized spacial score (nSPS) is 10.8. The first-order valence-corrected chi connectivity index (χ1v) is 9.16. The van der Waals surface area contributed by atoms with Crippen LogP contribution in [0, 0.1) is 11.6 Å². The molecule has 0 aliphatic carbocycles. The summed E-state index contributed by atoms with van der Waals surface area (Å²) in [4.78, 5) is 16.1. The summed E-state index contributed by atoms with van der Waals surface area (Å²) in [6.45, 7) is 0. The summed E-state index contributed by atoms with van der Waals surface area (Å²) in [5.74, 6) is -1.48. The number of benzene rings is 2. The van der Waals surface area contributed by atoms with Crippen molar-refractivity contribution in [3.05, 3.63) is 69.1 Å². The van der Waals surface area contributed by atoms with Crippen LogP contribution in [0.25, 0.3) is 11.3 Å². The van der Waals surface area contributed by atoms with Crippen LogP contribution in [0.5, 0.6) is 0 Å². The number of oxazole rings is 1. The van der Waals surface area contributed by atoms with Crippen molar-refractivity contribution in [1.82, 2.24) is 4.98 Å². The van der Waals surface area contributed by atoms with E-state index < -0.39 is 11.6 Å². The molecule has 0 bridgehead atoms. The van der Waals surface area contributed by atoms with E-state index in [2.05, 4.69) is 42.2 Å². The van der Waals surface area contributed by atoms with Gasteiger partial charge in [-0.3, -0.25) is 4.79 Å². The molecule has 4 nitrogen and oxygen atoms in total. The molecule has 2 aromatic carbocycles. The molecule has 26 heavy (non-hydrogen) atoms. The van der Waals surface area contributed by atoms with E-state index in [0.29, 0.717) is 5.69 Å². The molecule has 1 N–H and O–H groups in total. The number of aryl methyl sites for hydroxylation is 1. The van der Waals surface area contributed by atoms with Gasteiger partial charge in [0.15, 0.2) is 11.7 Å². The van der Waals surface area contributed by atoms with Crippen molar-refractivity contribution in [3.8, 4) is 11.3 Å². The van der Waals surface area contributed by atoms with Gasteiger partial charge in [0, 0.05) is 21.8 Å². The van der Waals surface area contributed by atoms with Gasteiger partial charge < -0.3 is 9.73 Å². The van der Waals surface area contributed by atoms with Gasteiger partial charge in [0.05, 0.1) is 17.4 Å². The maximum atomic E-state index is 13.8. The lowest BCUT2D eigenvalue weighted by Crippen LogP contribution is -2.12. The van der Waals surface area contributed by atoms with Crippen molar-refractivity contribution in [3.63, 3.8) is 0 Å². The molecule has 0 saturated heterocycles. The molecule has 134 valence electrons. The number of halogens is 4. The van der Waals surface area contributed by atoms with E-state index in [1.54, 1.807) is 6.07 Å². The topological polar surface area (TPSA) is 55.1 Å². The third-order valence-corrected chi connectivity index (χ3v) is 4.72. The molecular weight excluding hydrogens is 474 g/mol. The molecule has 0 spiro atoms. The second kappa shape index (κ2) is 8.09. The highest BCUT2D eigenvalue weighted by atomic mass is 79.9. The smallest absolute Gasteiger partial charge is 0.224 e. The highest BCUT2D eigenvalue weighted by molar-refractivity contribution is 9.11. The Morgan fingerprint density at radius 3 is 2.62 bits per heavy atom. The fourth-order valence-electron chi connectivity index (χ4n) is 2.30. The molecular formula is C18H12Br2F2N2O2. The van der Waals surface area contributed by atoms with Crippen LogP contribution in [-0.2, 0) is 11.2 Å². The molecule has 0 saturated carbocycles. The molecule has 0 fully saturated rings. The molecule has 1 heterocycles.